The molecule has 0 bridgehead atoms. The molecule has 0 radical (unpaired) electrons. The zero-order valence-electron chi connectivity index (χ0n) is 15.9. The zero-order chi connectivity index (χ0) is 21.1. The van der Waals surface area contributed by atoms with Crippen LogP contribution in [0.2, 0.25) is 5.02 Å². The Morgan fingerprint density at radius 3 is 2.30 bits per heavy atom. The summed E-state index contributed by atoms with van der Waals surface area (Å²) in [6, 6.07) is 20.8. The van der Waals surface area contributed by atoms with Gasteiger partial charge >= 0.3 is 0 Å². The lowest BCUT2D eigenvalue weighted by molar-refractivity contribution is 0.0996. The maximum Gasteiger partial charge on any atom is 0.291 e. The third-order valence-electron chi connectivity index (χ3n) is 4.47. The van der Waals surface area contributed by atoms with Gasteiger partial charge in [-0.3, -0.25) is 9.59 Å². The van der Waals surface area contributed by atoms with Crippen molar-refractivity contribution in [3.8, 4) is 5.75 Å². The molecule has 7 heteroatoms. The van der Waals surface area contributed by atoms with E-state index in [1.54, 1.807) is 42.5 Å². The van der Waals surface area contributed by atoms with Gasteiger partial charge in [0.1, 0.15) is 11.3 Å². The van der Waals surface area contributed by atoms with Gasteiger partial charge in [-0.2, -0.15) is 0 Å². The maximum atomic E-state index is 12.6. The summed E-state index contributed by atoms with van der Waals surface area (Å²) in [5.41, 5.74) is 1.83. The Morgan fingerprint density at radius 2 is 1.57 bits per heavy atom. The molecule has 0 saturated carbocycles. The highest BCUT2D eigenvalue weighted by molar-refractivity contribution is 6.34. The van der Waals surface area contributed by atoms with Crippen LogP contribution >= 0.6 is 11.6 Å². The van der Waals surface area contributed by atoms with Crippen LogP contribution in [0.5, 0.6) is 5.75 Å². The quantitative estimate of drug-likeness (QED) is 0.440. The van der Waals surface area contributed by atoms with Gasteiger partial charge in [-0.05, 0) is 30.3 Å². The highest BCUT2D eigenvalue weighted by Gasteiger charge is 2.17. The fourth-order valence-corrected chi connectivity index (χ4v) is 3.19. The van der Waals surface area contributed by atoms with Crippen LogP contribution in [0.1, 0.15) is 20.9 Å². The third-order valence-corrected chi connectivity index (χ3v) is 4.78. The van der Waals surface area contributed by atoms with Crippen molar-refractivity contribution >= 4 is 45.8 Å². The smallest absolute Gasteiger partial charge is 0.291 e. The molecule has 150 valence electrons. The number of furan rings is 1. The van der Waals surface area contributed by atoms with Crippen LogP contribution in [0.3, 0.4) is 0 Å². The Kier molecular flexibility index (Phi) is 5.41. The molecule has 4 rings (SSSR count). The molecule has 0 fully saturated rings. The van der Waals surface area contributed by atoms with Gasteiger partial charge in [-0.1, -0.05) is 48.0 Å². The number of nitrogens with one attached hydrogen (secondary N) is 2. The Balaban J connectivity index is 1.57. The molecule has 6 nitrogen and oxygen atoms in total. The number of hydrogen-bond donors (Lipinski definition) is 2. The predicted molar refractivity (Wildman–Crippen MR) is 117 cm³/mol. The van der Waals surface area contributed by atoms with Crippen LogP contribution in [0.4, 0.5) is 11.4 Å². The van der Waals surface area contributed by atoms with Gasteiger partial charge in [0.2, 0.25) is 0 Å². The predicted octanol–water partition coefficient (Wildman–Crippen LogP) is 5.60. The van der Waals surface area contributed by atoms with Crippen molar-refractivity contribution in [2.24, 2.45) is 0 Å². The molecule has 1 aromatic heterocycles. The molecule has 30 heavy (non-hydrogen) atoms. The summed E-state index contributed by atoms with van der Waals surface area (Å²) >= 11 is 6.35. The number of amides is 2. The summed E-state index contributed by atoms with van der Waals surface area (Å²) in [7, 11) is 1.46. The van der Waals surface area contributed by atoms with E-state index in [4.69, 9.17) is 20.8 Å². The van der Waals surface area contributed by atoms with Gasteiger partial charge in [0, 0.05) is 17.0 Å². The molecule has 0 spiro atoms. The van der Waals surface area contributed by atoms with Crippen molar-refractivity contribution in [2.75, 3.05) is 17.7 Å². The van der Waals surface area contributed by atoms with Crippen molar-refractivity contribution in [3.05, 3.63) is 89.1 Å². The van der Waals surface area contributed by atoms with Gasteiger partial charge in [-0.15, -0.1) is 0 Å². The van der Waals surface area contributed by atoms with Crippen LogP contribution in [0.15, 0.2) is 77.2 Å². The van der Waals surface area contributed by atoms with Crippen LogP contribution in [0.25, 0.3) is 11.0 Å². The highest BCUT2D eigenvalue weighted by atomic mass is 35.5. The van der Waals surface area contributed by atoms with E-state index in [1.807, 2.05) is 24.3 Å². The normalized spacial score (nSPS) is 10.6. The summed E-state index contributed by atoms with van der Waals surface area (Å²) in [6.45, 7) is 0. The second kappa shape index (κ2) is 8.31. The van der Waals surface area contributed by atoms with E-state index in [1.165, 1.54) is 13.2 Å². The second-order valence-corrected chi connectivity index (χ2v) is 6.86. The molecule has 0 aliphatic heterocycles. The largest absolute Gasteiger partial charge is 0.494 e. The number of rotatable bonds is 5. The van der Waals surface area contributed by atoms with E-state index in [2.05, 4.69) is 10.6 Å². The number of halogens is 1. The number of fused-ring (bicyclic) bond motifs is 1. The average Bonchev–Trinajstić information content (AvgIpc) is 3.20. The SMILES string of the molecule is COc1cc(NC(=O)c2cc3ccccc3o2)c(Cl)cc1NC(=O)c1ccccc1. The first-order chi connectivity index (χ1) is 14.5. The minimum Gasteiger partial charge on any atom is -0.494 e. The lowest BCUT2D eigenvalue weighted by Crippen LogP contribution is -2.14. The van der Waals surface area contributed by atoms with Crippen molar-refractivity contribution in [3.63, 3.8) is 0 Å². The summed E-state index contributed by atoms with van der Waals surface area (Å²) in [5.74, 6) is -0.239. The number of para-hydroxylation sites is 1. The maximum absolute atomic E-state index is 12.6. The van der Waals surface area contributed by atoms with Crippen molar-refractivity contribution in [1.82, 2.24) is 0 Å². The fourth-order valence-electron chi connectivity index (χ4n) is 2.98. The molecule has 0 saturated heterocycles. The summed E-state index contributed by atoms with van der Waals surface area (Å²) in [4.78, 5) is 25.0. The number of benzene rings is 3. The standard InChI is InChI=1S/C23H17ClN2O4/c1-29-20-13-17(25-23(28)21-11-15-9-5-6-10-19(15)30-21)16(24)12-18(20)26-22(27)14-7-3-2-4-8-14/h2-13H,1H3,(H,25,28)(H,26,27). The minimum atomic E-state index is -0.448. The molecule has 1 heterocycles. The number of carbonyl (C=O) groups is 2. The fraction of sp³-hybridized carbons (Fsp3) is 0.0435. The van der Waals surface area contributed by atoms with E-state index < -0.39 is 5.91 Å². The lowest BCUT2D eigenvalue weighted by atomic mass is 10.2. The molecule has 3 aromatic carbocycles. The molecule has 2 N–H and O–H groups in total. The van der Waals surface area contributed by atoms with Gasteiger partial charge in [0.05, 0.1) is 23.5 Å². The number of anilines is 2. The first-order valence-corrected chi connectivity index (χ1v) is 9.47. The van der Waals surface area contributed by atoms with Crippen LogP contribution in [0, 0.1) is 0 Å². The molecule has 0 aliphatic carbocycles. The van der Waals surface area contributed by atoms with Gasteiger partial charge in [-0.25, -0.2) is 0 Å². The van der Waals surface area contributed by atoms with Crippen LogP contribution in [-0.4, -0.2) is 18.9 Å². The number of ether oxygens (including phenoxy) is 1. The zero-order valence-corrected chi connectivity index (χ0v) is 16.7. The number of hydrogen-bond acceptors (Lipinski definition) is 4. The summed E-state index contributed by atoms with van der Waals surface area (Å²) < 4.78 is 10.9. The van der Waals surface area contributed by atoms with E-state index >= 15 is 0 Å². The van der Waals surface area contributed by atoms with Gasteiger partial charge in [0.15, 0.2) is 5.76 Å². The van der Waals surface area contributed by atoms with Crippen LogP contribution < -0.4 is 15.4 Å². The number of methoxy groups -OCH3 is 1. The van der Waals surface area contributed by atoms with Crippen molar-refractivity contribution in [1.29, 1.82) is 0 Å². The van der Waals surface area contributed by atoms with Crippen LogP contribution in [-0.2, 0) is 0 Å². The number of carbonyl (C=O) groups excluding carboxylic acids is 2. The monoisotopic (exact) mass is 420 g/mol. The Labute approximate surface area is 177 Å². The van der Waals surface area contributed by atoms with E-state index in [-0.39, 0.29) is 16.7 Å². The lowest BCUT2D eigenvalue weighted by Gasteiger charge is -2.14. The topological polar surface area (TPSA) is 80.6 Å². The molecule has 4 aromatic rings. The Hall–Kier alpha value is -3.77. The molecule has 0 unspecified atom stereocenters. The molecular weight excluding hydrogens is 404 g/mol. The molecular formula is C23H17ClN2O4. The third kappa shape index (κ3) is 3.99. The molecule has 2 amide bonds. The highest BCUT2D eigenvalue weighted by Crippen LogP contribution is 2.35. The second-order valence-electron chi connectivity index (χ2n) is 6.46. The van der Waals surface area contributed by atoms with E-state index in [0.717, 1.165) is 5.39 Å². The first-order valence-electron chi connectivity index (χ1n) is 9.09. The molecule has 0 aliphatic rings. The van der Waals surface area contributed by atoms with Crippen molar-refractivity contribution in [2.45, 2.75) is 0 Å². The minimum absolute atomic E-state index is 0.160. The Morgan fingerprint density at radius 1 is 0.867 bits per heavy atom. The van der Waals surface area contributed by atoms with Gasteiger partial charge < -0.3 is 19.8 Å². The Bertz CT molecular complexity index is 1200. The molecule has 0 atom stereocenters. The van der Waals surface area contributed by atoms with E-state index in [0.29, 0.717) is 28.3 Å². The van der Waals surface area contributed by atoms with Crippen molar-refractivity contribution < 1.29 is 18.7 Å². The first kappa shape index (κ1) is 19.5. The summed E-state index contributed by atoms with van der Waals surface area (Å²) in [6.07, 6.45) is 0. The average molecular weight is 421 g/mol. The van der Waals surface area contributed by atoms with E-state index in [9.17, 15) is 9.59 Å². The van der Waals surface area contributed by atoms with Gasteiger partial charge in [0.25, 0.3) is 11.8 Å². The summed E-state index contributed by atoms with van der Waals surface area (Å²) in [5, 5.41) is 6.55.